The first kappa shape index (κ1) is 44.8. The Balaban J connectivity index is 0.596. The van der Waals surface area contributed by atoms with Crippen molar-refractivity contribution in [3.05, 3.63) is 214 Å². The van der Waals surface area contributed by atoms with Crippen LogP contribution >= 0.6 is 0 Å². The predicted molar refractivity (Wildman–Crippen MR) is 296 cm³/mol. The van der Waals surface area contributed by atoms with E-state index in [-0.39, 0.29) is 0 Å². The highest BCUT2D eigenvalue weighted by atomic mass is 15.0. The maximum Gasteiger partial charge on any atom is 0.0541 e. The highest BCUT2D eigenvalue weighted by molar-refractivity contribution is 6.10. The van der Waals surface area contributed by atoms with E-state index in [1.165, 1.54) is 189 Å². The molecule has 2 heterocycles. The van der Waals surface area contributed by atoms with Gasteiger partial charge in [-0.15, -0.1) is 0 Å². The van der Waals surface area contributed by atoms with Gasteiger partial charge in [-0.2, -0.15) is 0 Å². The van der Waals surface area contributed by atoms with Gasteiger partial charge in [-0.1, -0.05) is 173 Å². The first-order chi connectivity index (χ1) is 34.1. The van der Waals surface area contributed by atoms with Gasteiger partial charge >= 0.3 is 0 Å². The van der Waals surface area contributed by atoms with Gasteiger partial charge in [-0.25, -0.2) is 0 Å². The van der Waals surface area contributed by atoms with Crippen molar-refractivity contribution in [2.75, 3.05) is 0 Å². The van der Waals surface area contributed by atoms with Crippen molar-refractivity contribution >= 4 is 43.6 Å². The monoisotopic (exact) mass is 901 g/mol. The van der Waals surface area contributed by atoms with Crippen molar-refractivity contribution in [3.63, 3.8) is 0 Å². The summed E-state index contributed by atoms with van der Waals surface area (Å²) >= 11 is 0. The second-order valence-electron chi connectivity index (χ2n) is 20.4. The summed E-state index contributed by atoms with van der Waals surface area (Å²) in [5.74, 6) is 0. The number of benzene rings is 8. The van der Waals surface area contributed by atoms with Gasteiger partial charge in [-0.3, -0.25) is 0 Å². The van der Waals surface area contributed by atoms with Crippen molar-refractivity contribution in [1.82, 2.24) is 9.13 Å². The molecule has 0 radical (unpaired) electrons. The molecule has 346 valence electrons. The van der Waals surface area contributed by atoms with E-state index in [1.807, 2.05) is 0 Å². The zero-order valence-electron chi connectivity index (χ0n) is 41.1. The largest absolute Gasteiger partial charge is 0.309 e. The van der Waals surface area contributed by atoms with Crippen LogP contribution in [0.4, 0.5) is 0 Å². The summed E-state index contributed by atoms with van der Waals surface area (Å²) in [6, 6.07) is 63.9. The van der Waals surface area contributed by atoms with Gasteiger partial charge in [0.1, 0.15) is 0 Å². The lowest BCUT2D eigenvalue weighted by Gasteiger charge is -2.12. The lowest BCUT2D eigenvalue weighted by atomic mass is 9.93. The van der Waals surface area contributed by atoms with Crippen LogP contribution < -0.4 is 0 Å². The third-order valence-corrected chi connectivity index (χ3v) is 15.7. The number of hydrogen-bond donors (Lipinski definition) is 0. The Morgan fingerprint density at radius 2 is 0.623 bits per heavy atom. The van der Waals surface area contributed by atoms with Crippen molar-refractivity contribution in [2.24, 2.45) is 0 Å². The van der Waals surface area contributed by atoms with E-state index in [1.54, 1.807) is 11.1 Å². The second-order valence-corrected chi connectivity index (χ2v) is 20.4. The van der Waals surface area contributed by atoms with Gasteiger partial charge in [-0.05, 0) is 176 Å². The molecule has 0 saturated carbocycles. The average Bonchev–Trinajstić information content (AvgIpc) is 4.02. The Morgan fingerprint density at radius 1 is 0.319 bits per heavy atom. The van der Waals surface area contributed by atoms with Crippen LogP contribution in [0, 0.1) is 13.8 Å². The summed E-state index contributed by atoms with van der Waals surface area (Å²) in [5, 5.41) is 5.28. The maximum absolute atomic E-state index is 2.57. The molecular formula is C67H68N2. The van der Waals surface area contributed by atoms with E-state index in [0.717, 1.165) is 19.3 Å². The fourth-order valence-electron chi connectivity index (χ4n) is 11.9. The SMILES string of the molecule is Cc1cc2c(cc1CCCCCCCCc1ccc(-n3c4ccccc4c4ccccc43)cc1)-c1cc(CCCCCCCCc3ccc(-n4c5ccccc5c5ccccc54)cc3)c(C)cc1C2. The molecule has 2 nitrogen and oxygen atoms in total. The highest BCUT2D eigenvalue weighted by Crippen LogP contribution is 2.41. The lowest BCUT2D eigenvalue weighted by molar-refractivity contribution is 0.593. The first-order valence-electron chi connectivity index (χ1n) is 26.5. The topological polar surface area (TPSA) is 9.86 Å². The molecule has 0 bridgehead atoms. The lowest BCUT2D eigenvalue weighted by Crippen LogP contribution is -1.95. The van der Waals surface area contributed by atoms with Crippen molar-refractivity contribution in [2.45, 2.75) is 123 Å². The van der Waals surface area contributed by atoms with E-state index in [4.69, 9.17) is 0 Å². The zero-order valence-corrected chi connectivity index (χ0v) is 41.1. The normalized spacial score (nSPS) is 12.2. The molecule has 0 amide bonds. The van der Waals surface area contributed by atoms with Crippen LogP contribution in [0.1, 0.15) is 122 Å². The second kappa shape index (κ2) is 20.5. The van der Waals surface area contributed by atoms with Crippen molar-refractivity contribution in [1.29, 1.82) is 0 Å². The van der Waals surface area contributed by atoms with E-state index in [0.29, 0.717) is 0 Å². The summed E-state index contributed by atoms with van der Waals surface area (Å²) in [6.45, 7) is 4.69. The van der Waals surface area contributed by atoms with Gasteiger partial charge in [0.25, 0.3) is 0 Å². The smallest absolute Gasteiger partial charge is 0.0541 e. The molecule has 0 aliphatic heterocycles. The van der Waals surface area contributed by atoms with E-state index < -0.39 is 0 Å². The first-order valence-corrected chi connectivity index (χ1v) is 26.5. The van der Waals surface area contributed by atoms with Crippen LogP contribution in [-0.4, -0.2) is 9.13 Å². The Hall–Kier alpha value is -6.64. The molecule has 1 aliphatic rings. The number of rotatable bonds is 20. The Labute approximate surface area is 410 Å². The molecule has 0 atom stereocenters. The molecular weight excluding hydrogens is 833 g/mol. The molecule has 1 aliphatic carbocycles. The minimum Gasteiger partial charge on any atom is -0.309 e. The van der Waals surface area contributed by atoms with E-state index in [9.17, 15) is 0 Å². The van der Waals surface area contributed by atoms with Crippen LogP contribution in [0.3, 0.4) is 0 Å². The van der Waals surface area contributed by atoms with Crippen molar-refractivity contribution in [3.8, 4) is 22.5 Å². The molecule has 11 rings (SSSR count). The van der Waals surface area contributed by atoms with Gasteiger partial charge in [0.05, 0.1) is 22.1 Å². The molecule has 0 unspecified atom stereocenters. The molecule has 0 saturated heterocycles. The Bertz CT molecular complexity index is 3040. The van der Waals surface area contributed by atoms with Gasteiger partial charge < -0.3 is 9.13 Å². The van der Waals surface area contributed by atoms with E-state index in [2.05, 4.69) is 193 Å². The molecule has 0 fully saturated rings. The summed E-state index contributed by atoms with van der Waals surface area (Å²) in [7, 11) is 0. The predicted octanol–water partition coefficient (Wildman–Crippen LogP) is 18.3. The summed E-state index contributed by atoms with van der Waals surface area (Å²) < 4.78 is 4.82. The van der Waals surface area contributed by atoms with Gasteiger partial charge in [0.15, 0.2) is 0 Å². The Morgan fingerprint density at radius 3 is 0.971 bits per heavy atom. The fourth-order valence-corrected chi connectivity index (χ4v) is 11.9. The molecule has 2 heteroatoms. The molecule has 0 N–H and O–H groups in total. The van der Waals surface area contributed by atoms with E-state index >= 15 is 0 Å². The molecule has 0 spiro atoms. The number of nitrogens with zero attached hydrogens (tertiary/aromatic N) is 2. The van der Waals surface area contributed by atoms with Crippen LogP contribution in [0.25, 0.3) is 66.1 Å². The third-order valence-electron chi connectivity index (χ3n) is 15.7. The number of aromatic nitrogens is 2. The fraction of sp³-hybridized carbons (Fsp3) is 0.284. The summed E-state index contributed by atoms with van der Waals surface area (Å²) in [5.41, 5.74) is 22.7. The maximum atomic E-state index is 2.57. The minimum atomic E-state index is 1.09. The standard InChI is InChI=1S/C67H68N2/c1-48-43-54-45-55-44-49(2)53(26-14-10-6-4-8-12-24-51-37-41-57(42-38-51)69-66-33-21-17-29-60(66)61-30-18-22-34-67(61)69)47-63(55)62(54)46-52(48)25-13-9-5-3-7-11-23-50-35-39-56(40-36-50)68-64-31-19-15-27-58(64)59-28-16-20-32-65(59)68/h15-22,27-44,46-47H,3-14,23-26,45H2,1-2H3. The minimum absolute atomic E-state index is 1.09. The molecule has 8 aromatic carbocycles. The number of hydrogen-bond acceptors (Lipinski definition) is 0. The van der Waals surface area contributed by atoms with Crippen LogP contribution in [0.15, 0.2) is 170 Å². The summed E-state index contributed by atoms with van der Waals surface area (Å²) in [4.78, 5) is 0. The van der Waals surface area contributed by atoms with Gasteiger partial charge in [0, 0.05) is 32.9 Å². The van der Waals surface area contributed by atoms with Gasteiger partial charge in [0.2, 0.25) is 0 Å². The number of para-hydroxylation sites is 4. The number of unbranched alkanes of at least 4 members (excludes halogenated alkanes) is 10. The third kappa shape index (κ3) is 9.44. The zero-order chi connectivity index (χ0) is 46.5. The quantitative estimate of drug-likeness (QED) is 0.0675. The highest BCUT2D eigenvalue weighted by Gasteiger charge is 2.22. The molecule has 10 aromatic rings. The van der Waals surface area contributed by atoms with Crippen molar-refractivity contribution < 1.29 is 0 Å². The Kier molecular flexibility index (Phi) is 13.3. The molecule has 2 aromatic heterocycles. The van der Waals surface area contributed by atoms with Crippen LogP contribution in [0.2, 0.25) is 0 Å². The number of fused-ring (bicyclic) bond motifs is 9. The summed E-state index contributed by atoms with van der Waals surface area (Å²) in [6.07, 6.45) is 21.5. The van der Waals surface area contributed by atoms with Crippen LogP contribution in [0.5, 0.6) is 0 Å². The van der Waals surface area contributed by atoms with Crippen LogP contribution in [-0.2, 0) is 32.1 Å². The average molecular weight is 901 g/mol. The number of aryl methyl sites for hydroxylation is 6. The molecule has 69 heavy (non-hydrogen) atoms.